The van der Waals surface area contributed by atoms with E-state index in [9.17, 15) is 0 Å². The smallest absolute Gasteiger partial charge is 0.165 e. The lowest BCUT2D eigenvalue weighted by atomic mass is 10.2. The van der Waals surface area contributed by atoms with Crippen LogP contribution < -0.4 is 19.6 Å². The monoisotopic (exact) mass is 355 g/mol. The van der Waals surface area contributed by atoms with E-state index in [-0.39, 0.29) is 0 Å². The number of nitrogens with one attached hydrogen (secondary N) is 1. The van der Waals surface area contributed by atoms with Gasteiger partial charge in [-0.15, -0.1) is 0 Å². The number of nitrogens with zero attached hydrogens (tertiary/aromatic N) is 2. The molecule has 2 aromatic rings. The Bertz CT molecular complexity index is 698. The predicted molar refractivity (Wildman–Crippen MR) is 91.6 cm³/mol. The molecule has 0 atom stereocenters. The van der Waals surface area contributed by atoms with Crippen LogP contribution in [0.5, 0.6) is 17.2 Å². The van der Waals surface area contributed by atoms with Crippen LogP contribution in [0, 0.1) is 0 Å². The largest absolute Gasteiger partial charge is 0.496 e. The molecule has 1 heterocycles. The molecule has 0 amide bonds. The summed E-state index contributed by atoms with van der Waals surface area (Å²) in [6.45, 7) is 0. The number of hydrogen-bond donors (Lipinski definition) is 1. The molecule has 122 valence electrons. The van der Waals surface area contributed by atoms with E-state index in [0.717, 1.165) is 0 Å². The molecular weight excluding hydrogens is 341 g/mol. The molecule has 0 unspecified atom stereocenters. The lowest BCUT2D eigenvalue weighted by Crippen LogP contribution is -2.00. The normalized spacial score (nSPS) is 10.7. The molecule has 0 saturated heterocycles. The van der Waals surface area contributed by atoms with Crippen LogP contribution in [0.25, 0.3) is 0 Å². The fourth-order valence-electron chi connectivity index (χ4n) is 1.81. The second kappa shape index (κ2) is 7.89. The van der Waals surface area contributed by atoms with Gasteiger partial charge in [-0.2, -0.15) is 5.10 Å². The Labute approximate surface area is 144 Å². The van der Waals surface area contributed by atoms with E-state index >= 15 is 0 Å². The van der Waals surface area contributed by atoms with Crippen LogP contribution in [0.1, 0.15) is 5.56 Å². The van der Waals surface area contributed by atoms with Crippen LogP contribution >= 0.6 is 23.2 Å². The third-order valence-electron chi connectivity index (χ3n) is 2.93. The Kier molecular flexibility index (Phi) is 5.90. The second-order valence-corrected chi connectivity index (χ2v) is 5.14. The quantitative estimate of drug-likeness (QED) is 0.629. The maximum Gasteiger partial charge on any atom is 0.165 e. The molecule has 1 N–H and O–H groups in total. The first-order valence-corrected chi connectivity index (χ1v) is 7.24. The maximum absolute atomic E-state index is 6.02. The topological polar surface area (TPSA) is 65.0 Å². The summed E-state index contributed by atoms with van der Waals surface area (Å²) in [5.74, 6) is 2.12. The van der Waals surface area contributed by atoms with Crippen LogP contribution in [-0.2, 0) is 0 Å². The number of hydrogen-bond acceptors (Lipinski definition) is 6. The highest BCUT2D eigenvalue weighted by atomic mass is 35.5. The van der Waals surface area contributed by atoms with E-state index in [4.69, 9.17) is 37.4 Å². The highest BCUT2D eigenvalue weighted by Crippen LogP contribution is 2.32. The minimum Gasteiger partial charge on any atom is -0.496 e. The first-order valence-electron chi connectivity index (χ1n) is 6.49. The molecule has 0 radical (unpaired) electrons. The molecule has 0 saturated carbocycles. The fourth-order valence-corrected chi connectivity index (χ4v) is 2.24. The fraction of sp³-hybridized carbons (Fsp3) is 0.200. The molecule has 23 heavy (non-hydrogen) atoms. The molecule has 6 nitrogen and oxygen atoms in total. The lowest BCUT2D eigenvalue weighted by Gasteiger charge is -2.12. The van der Waals surface area contributed by atoms with Gasteiger partial charge in [0.05, 0.1) is 43.2 Å². The number of pyridine rings is 1. The second-order valence-electron chi connectivity index (χ2n) is 4.30. The number of hydrazone groups is 1. The summed E-state index contributed by atoms with van der Waals surface area (Å²) in [6.07, 6.45) is 3.02. The van der Waals surface area contributed by atoms with Crippen molar-refractivity contribution in [3.05, 3.63) is 40.0 Å². The number of methoxy groups -OCH3 is 3. The van der Waals surface area contributed by atoms with E-state index in [0.29, 0.717) is 38.7 Å². The van der Waals surface area contributed by atoms with E-state index < -0.39 is 0 Å². The van der Waals surface area contributed by atoms with Gasteiger partial charge in [-0.1, -0.05) is 23.2 Å². The van der Waals surface area contributed by atoms with Crippen molar-refractivity contribution in [1.82, 2.24) is 4.98 Å². The third kappa shape index (κ3) is 4.18. The van der Waals surface area contributed by atoms with Crippen molar-refractivity contribution in [3.8, 4) is 17.2 Å². The summed E-state index contributed by atoms with van der Waals surface area (Å²) < 4.78 is 15.9. The Balaban J connectivity index is 2.27. The SMILES string of the molecule is COc1cc(OC)c(/C=N\Nc2ncc(Cl)cc2Cl)c(OC)c1. The minimum atomic E-state index is 0.364. The Hall–Kier alpha value is -2.18. The van der Waals surface area contributed by atoms with Gasteiger partial charge in [-0.3, -0.25) is 5.43 Å². The summed E-state index contributed by atoms with van der Waals surface area (Å²) in [5.41, 5.74) is 3.39. The van der Waals surface area contributed by atoms with Crippen molar-refractivity contribution < 1.29 is 14.2 Å². The zero-order valence-corrected chi connectivity index (χ0v) is 14.3. The lowest BCUT2D eigenvalue weighted by molar-refractivity contribution is 0.374. The number of ether oxygens (including phenoxy) is 3. The van der Waals surface area contributed by atoms with Crippen molar-refractivity contribution >= 4 is 35.2 Å². The Morgan fingerprint density at radius 2 is 1.70 bits per heavy atom. The van der Waals surface area contributed by atoms with E-state index in [1.165, 1.54) is 6.20 Å². The predicted octanol–water partition coefficient (Wildman–Crippen LogP) is 3.86. The van der Waals surface area contributed by atoms with Gasteiger partial charge in [-0.25, -0.2) is 4.98 Å². The van der Waals surface area contributed by atoms with Crippen molar-refractivity contribution in [2.24, 2.45) is 5.10 Å². The molecule has 2 rings (SSSR count). The zero-order valence-electron chi connectivity index (χ0n) is 12.8. The summed E-state index contributed by atoms with van der Waals surface area (Å²) in [4.78, 5) is 4.05. The standard InChI is InChI=1S/C15H15Cl2N3O3/c1-21-10-5-13(22-2)11(14(6-10)23-3)8-19-20-15-12(17)4-9(16)7-18-15/h4-8H,1-3H3,(H,18,20)/b19-8-. The molecule has 1 aromatic heterocycles. The first kappa shape index (κ1) is 17.2. The highest BCUT2D eigenvalue weighted by molar-refractivity contribution is 6.35. The Morgan fingerprint density at radius 1 is 1.04 bits per heavy atom. The average molecular weight is 356 g/mol. The first-order chi connectivity index (χ1) is 11.1. The zero-order chi connectivity index (χ0) is 16.8. The van der Waals surface area contributed by atoms with Crippen LogP contribution in [0.15, 0.2) is 29.5 Å². The number of anilines is 1. The number of aromatic nitrogens is 1. The minimum absolute atomic E-state index is 0.364. The molecule has 0 aliphatic carbocycles. The molecule has 0 bridgehead atoms. The number of benzene rings is 1. The van der Waals surface area contributed by atoms with Crippen molar-refractivity contribution in [3.63, 3.8) is 0 Å². The van der Waals surface area contributed by atoms with Crippen LogP contribution in [0.2, 0.25) is 10.0 Å². The summed E-state index contributed by atoms with van der Waals surface area (Å²) in [7, 11) is 4.67. The summed E-state index contributed by atoms with van der Waals surface area (Å²) in [5, 5.41) is 4.92. The molecule has 1 aromatic carbocycles. The van der Waals surface area contributed by atoms with Crippen LogP contribution in [0.4, 0.5) is 5.82 Å². The summed E-state index contributed by atoms with van der Waals surface area (Å²) >= 11 is 11.8. The van der Waals surface area contributed by atoms with Crippen molar-refractivity contribution in [1.29, 1.82) is 0 Å². The van der Waals surface area contributed by atoms with E-state index in [2.05, 4.69) is 15.5 Å². The molecule has 0 fully saturated rings. The van der Waals surface area contributed by atoms with Gasteiger partial charge in [0, 0.05) is 18.3 Å². The third-order valence-corrected chi connectivity index (χ3v) is 3.42. The Morgan fingerprint density at radius 3 is 2.22 bits per heavy atom. The summed E-state index contributed by atoms with van der Waals surface area (Å²) in [6, 6.07) is 5.04. The maximum atomic E-state index is 6.02. The van der Waals surface area contributed by atoms with Gasteiger partial charge >= 0.3 is 0 Å². The molecule has 0 spiro atoms. The van der Waals surface area contributed by atoms with Gasteiger partial charge in [0.25, 0.3) is 0 Å². The number of halogens is 2. The molecule has 8 heteroatoms. The van der Waals surface area contributed by atoms with Crippen LogP contribution in [0.3, 0.4) is 0 Å². The van der Waals surface area contributed by atoms with Gasteiger partial charge in [-0.05, 0) is 6.07 Å². The van der Waals surface area contributed by atoms with Gasteiger partial charge in [0.2, 0.25) is 0 Å². The molecule has 0 aliphatic heterocycles. The number of rotatable bonds is 6. The highest BCUT2D eigenvalue weighted by Gasteiger charge is 2.11. The van der Waals surface area contributed by atoms with Crippen molar-refractivity contribution in [2.45, 2.75) is 0 Å². The molecular formula is C15H15Cl2N3O3. The van der Waals surface area contributed by atoms with Crippen LogP contribution in [-0.4, -0.2) is 32.5 Å². The van der Waals surface area contributed by atoms with E-state index in [1.807, 2.05) is 0 Å². The van der Waals surface area contributed by atoms with Gasteiger partial charge in [0.1, 0.15) is 17.2 Å². The van der Waals surface area contributed by atoms with Gasteiger partial charge in [0.15, 0.2) is 5.82 Å². The average Bonchev–Trinajstić information content (AvgIpc) is 2.56. The molecule has 0 aliphatic rings. The van der Waals surface area contributed by atoms with Gasteiger partial charge < -0.3 is 14.2 Å². The van der Waals surface area contributed by atoms with E-state index in [1.54, 1.807) is 45.7 Å². The van der Waals surface area contributed by atoms with Crippen molar-refractivity contribution in [2.75, 3.05) is 26.8 Å².